The fraction of sp³-hybridized carbons (Fsp3) is 0.455. The number of ether oxygens (including phenoxy) is 1. The van der Waals surface area contributed by atoms with Crippen LogP contribution in [0.4, 0.5) is 14.5 Å². The average Bonchev–Trinajstić information content (AvgIpc) is 2.27. The van der Waals surface area contributed by atoms with Crippen molar-refractivity contribution < 1.29 is 18.6 Å². The van der Waals surface area contributed by atoms with Gasteiger partial charge in [-0.15, -0.1) is 0 Å². The number of aliphatic hydroxyl groups excluding tert-OH is 1. The van der Waals surface area contributed by atoms with Crippen molar-refractivity contribution in [1.82, 2.24) is 0 Å². The third-order valence-electron chi connectivity index (χ3n) is 2.75. The molecule has 2 atom stereocenters. The van der Waals surface area contributed by atoms with Crippen LogP contribution in [0.5, 0.6) is 5.75 Å². The Morgan fingerprint density at radius 2 is 2.25 bits per heavy atom. The van der Waals surface area contributed by atoms with E-state index in [0.29, 0.717) is 11.4 Å². The molecule has 0 bridgehead atoms. The van der Waals surface area contributed by atoms with E-state index >= 15 is 0 Å². The van der Waals surface area contributed by atoms with Gasteiger partial charge in [0.15, 0.2) is 0 Å². The fourth-order valence-electron chi connectivity index (χ4n) is 1.87. The van der Waals surface area contributed by atoms with Crippen LogP contribution in [-0.2, 0) is 6.42 Å². The molecule has 0 spiro atoms. The van der Waals surface area contributed by atoms with Gasteiger partial charge in [0.25, 0.3) is 6.43 Å². The van der Waals surface area contributed by atoms with Crippen molar-refractivity contribution in [3.05, 3.63) is 23.8 Å². The van der Waals surface area contributed by atoms with Gasteiger partial charge in [-0.05, 0) is 23.8 Å². The SMILES string of the molecule is COc1ccc2c(c1)CC(O)C(C(F)F)N2. The van der Waals surface area contributed by atoms with E-state index in [2.05, 4.69) is 5.32 Å². The van der Waals surface area contributed by atoms with Crippen molar-refractivity contribution in [2.24, 2.45) is 0 Å². The maximum atomic E-state index is 12.6. The minimum absolute atomic E-state index is 0.217. The number of nitrogens with one attached hydrogen (secondary N) is 1. The second-order valence-corrected chi connectivity index (χ2v) is 3.80. The Morgan fingerprint density at radius 1 is 1.50 bits per heavy atom. The molecule has 0 fully saturated rings. The topological polar surface area (TPSA) is 41.5 Å². The highest BCUT2D eigenvalue weighted by Crippen LogP contribution is 2.30. The van der Waals surface area contributed by atoms with Crippen LogP contribution in [0.15, 0.2) is 18.2 Å². The molecule has 3 nitrogen and oxygen atoms in total. The monoisotopic (exact) mass is 229 g/mol. The second kappa shape index (κ2) is 4.25. The lowest BCUT2D eigenvalue weighted by Gasteiger charge is -2.31. The summed E-state index contributed by atoms with van der Waals surface area (Å²) < 4.78 is 30.2. The third kappa shape index (κ3) is 1.95. The Hall–Kier alpha value is -1.36. The highest BCUT2D eigenvalue weighted by Gasteiger charge is 2.33. The van der Waals surface area contributed by atoms with Gasteiger partial charge in [-0.3, -0.25) is 0 Å². The predicted molar refractivity (Wildman–Crippen MR) is 56.1 cm³/mol. The predicted octanol–water partition coefficient (Wildman–Crippen LogP) is 1.66. The molecule has 0 aromatic heterocycles. The molecule has 2 unspecified atom stereocenters. The van der Waals surface area contributed by atoms with E-state index < -0.39 is 18.6 Å². The number of alkyl halides is 2. The fourth-order valence-corrected chi connectivity index (χ4v) is 1.87. The Kier molecular flexibility index (Phi) is 2.96. The molecule has 1 aromatic carbocycles. The summed E-state index contributed by atoms with van der Waals surface area (Å²) in [7, 11) is 1.54. The summed E-state index contributed by atoms with van der Waals surface area (Å²) in [6, 6.07) is 3.94. The van der Waals surface area contributed by atoms with E-state index in [0.717, 1.165) is 5.56 Å². The number of methoxy groups -OCH3 is 1. The van der Waals surface area contributed by atoms with E-state index in [-0.39, 0.29) is 6.42 Å². The number of hydrogen-bond donors (Lipinski definition) is 2. The Balaban J connectivity index is 2.27. The first-order valence-corrected chi connectivity index (χ1v) is 5.01. The first kappa shape index (κ1) is 11.1. The lowest BCUT2D eigenvalue weighted by atomic mass is 9.95. The zero-order chi connectivity index (χ0) is 11.7. The van der Waals surface area contributed by atoms with Gasteiger partial charge in [0.1, 0.15) is 11.8 Å². The van der Waals surface area contributed by atoms with Gasteiger partial charge in [-0.1, -0.05) is 0 Å². The standard InChI is InChI=1S/C11H13F2NO2/c1-16-7-2-3-8-6(4-7)5-9(15)10(14-8)11(12)13/h2-4,9-11,14-15H,5H2,1H3. The van der Waals surface area contributed by atoms with Crippen molar-refractivity contribution in [1.29, 1.82) is 0 Å². The van der Waals surface area contributed by atoms with E-state index in [1.807, 2.05) is 0 Å². The lowest BCUT2D eigenvalue weighted by molar-refractivity contribution is 0.0426. The van der Waals surface area contributed by atoms with Crippen molar-refractivity contribution in [2.75, 3.05) is 12.4 Å². The normalized spacial score (nSPS) is 23.8. The number of hydrogen-bond acceptors (Lipinski definition) is 3. The molecule has 0 aliphatic carbocycles. The molecule has 0 saturated heterocycles. The molecule has 1 aromatic rings. The number of fused-ring (bicyclic) bond motifs is 1. The molecule has 0 amide bonds. The quantitative estimate of drug-likeness (QED) is 0.810. The maximum Gasteiger partial charge on any atom is 0.260 e. The second-order valence-electron chi connectivity index (χ2n) is 3.80. The van der Waals surface area contributed by atoms with Crippen LogP contribution in [0.1, 0.15) is 5.56 Å². The van der Waals surface area contributed by atoms with Crippen molar-refractivity contribution in [3.63, 3.8) is 0 Å². The van der Waals surface area contributed by atoms with Crippen LogP contribution in [0.2, 0.25) is 0 Å². The van der Waals surface area contributed by atoms with E-state index in [4.69, 9.17) is 4.74 Å². The van der Waals surface area contributed by atoms with Crippen molar-refractivity contribution in [2.45, 2.75) is 25.0 Å². The van der Waals surface area contributed by atoms with Gasteiger partial charge >= 0.3 is 0 Å². The smallest absolute Gasteiger partial charge is 0.260 e. The summed E-state index contributed by atoms with van der Waals surface area (Å²) >= 11 is 0. The van der Waals surface area contributed by atoms with Gasteiger partial charge in [0.2, 0.25) is 0 Å². The van der Waals surface area contributed by atoms with Gasteiger partial charge in [-0.2, -0.15) is 0 Å². The van der Waals surface area contributed by atoms with E-state index in [1.165, 1.54) is 7.11 Å². The average molecular weight is 229 g/mol. The molecule has 5 heteroatoms. The van der Waals surface area contributed by atoms with Crippen molar-refractivity contribution >= 4 is 5.69 Å². The first-order valence-electron chi connectivity index (χ1n) is 5.01. The molecule has 0 radical (unpaired) electrons. The minimum atomic E-state index is -2.58. The zero-order valence-corrected chi connectivity index (χ0v) is 8.78. The Morgan fingerprint density at radius 3 is 2.88 bits per heavy atom. The van der Waals surface area contributed by atoms with Crippen LogP contribution >= 0.6 is 0 Å². The summed E-state index contributed by atoms with van der Waals surface area (Å²) in [6.45, 7) is 0. The van der Waals surface area contributed by atoms with E-state index in [9.17, 15) is 13.9 Å². The summed E-state index contributed by atoms with van der Waals surface area (Å²) in [4.78, 5) is 0. The van der Waals surface area contributed by atoms with Crippen molar-refractivity contribution in [3.8, 4) is 5.75 Å². The van der Waals surface area contributed by atoms with Crippen LogP contribution in [0, 0.1) is 0 Å². The van der Waals surface area contributed by atoms with Gasteiger partial charge < -0.3 is 15.2 Å². The molecule has 2 rings (SSSR count). The molecular weight excluding hydrogens is 216 g/mol. The number of rotatable bonds is 2. The van der Waals surface area contributed by atoms with E-state index in [1.54, 1.807) is 18.2 Å². The van der Waals surface area contributed by atoms with Gasteiger partial charge in [-0.25, -0.2) is 8.78 Å². The highest BCUT2D eigenvalue weighted by atomic mass is 19.3. The Bertz CT molecular complexity index is 384. The largest absolute Gasteiger partial charge is 0.497 e. The van der Waals surface area contributed by atoms with Crippen LogP contribution in [0.3, 0.4) is 0 Å². The molecule has 0 saturated carbocycles. The number of aliphatic hydroxyl groups is 1. The number of benzene rings is 1. The number of anilines is 1. The van der Waals surface area contributed by atoms with Gasteiger partial charge in [0.05, 0.1) is 13.2 Å². The first-order chi connectivity index (χ1) is 7.61. The lowest BCUT2D eigenvalue weighted by Crippen LogP contribution is -2.44. The van der Waals surface area contributed by atoms with Crippen LogP contribution < -0.4 is 10.1 Å². The number of halogens is 2. The van der Waals surface area contributed by atoms with Crippen LogP contribution in [-0.4, -0.2) is 30.8 Å². The minimum Gasteiger partial charge on any atom is -0.497 e. The maximum absolute atomic E-state index is 12.6. The molecule has 2 N–H and O–H groups in total. The summed E-state index contributed by atoms with van der Waals surface area (Å²) in [6.07, 6.45) is -3.43. The molecule has 1 heterocycles. The zero-order valence-electron chi connectivity index (χ0n) is 8.78. The summed E-state index contributed by atoms with van der Waals surface area (Å²) in [5.41, 5.74) is 1.43. The summed E-state index contributed by atoms with van der Waals surface area (Å²) in [5, 5.41) is 12.2. The third-order valence-corrected chi connectivity index (χ3v) is 2.75. The van der Waals surface area contributed by atoms with Gasteiger partial charge in [0, 0.05) is 12.1 Å². The van der Waals surface area contributed by atoms with Crippen LogP contribution in [0.25, 0.3) is 0 Å². The highest BCUT2D eigenvalue weighted by molar-refractivity contribution is 5.57. The molecule has 88 valence electrons. The Labute approximate surface area is 92.0 Å². The molecule has 16 heavy (non-hydrogen) atoms. The molecular formula is C11H13F2NO2. The molecule has 1 aliphatic rings. The summed E-state index contributed by atoms with van der Waals surface area (Å²) in [5.74, 6) is 0.656. The molecule has 1 aliphatic heterocycles.